The molecule has 5 heteroatoms. The maximum Gasteiger partial charge on any atom is 0.513 e. The molecule has 1 rings (SSSR count). The van der Waals surface area contributed by atoms with E-state index in [1.165, 1.54) is 24.3 Å². The highest BCUT2D eigenvalue weighted by molar-refractivity contribution is 6.74. The van der Waals surface area contributed by atoms with E-state index in [0.717, 1.165) is 6.07 Å². The van der Waals surface area contributed by atoms with Gasteiger partial charge < -0.3 is 17.7 Å². The van der Waals surface area contributed by atoms with E-state index in [1.54, 1.807) is 0 Å². The van der Waals surface area contributed by atoms with E-state index in [4.69, 9.17) is 4.74 Å². The van der Waals surface area contributed by atoms with Crippen LogP contribution < -0.4 is 10.2 Å². The molecule has 0 spiro atoms. The van der Waals surface area contributed by atoms with Crippen molar-refractivity contribution in [3.05, 3.63) is 36.9 Å². The second-order valence-electron chi connectivity index (χ2n) is 2.71. The Morgan fingerprint density at radius 3 is 2.50 bits per heavy atom. The van der Waals surface area contributed by atoms with E-state index in [2.05, 4.69) is 6.58 Å². The quantitative estimate of drug-likeness (QED) is 0.536. The molecule has 1 aromatic rings. The zero-order chi connectivity index (χ0) is 10.6. The molecule has 0 aromatic heterocycles. The third-order valence-corrected chi connectivity index (χ3v) is 1.63. The second kappa shape index (κ2) is 4.22. The van der Waals surface area contributed by atoms with Crippen molar-refractivity contribution < 1.29 is 17.7 Å². The first-order valence-corrected chi connectivity index (χ1v) is 4.08. The molecule has 0 amide bonds. The molecule has 0 aliphatic carbocycles. The number of hydrogen-bond donors (Lipinski definition) is 0. The van der Waals surface area contributed by atoms with Crippen LogP contribution in [-0.2, 0) is 0 Å². The van der Waals surface area contributed by atoms with Crippen LogP contribution in [0.3, 0.4) is 0 Å². The summed E-state index contributed by atoms with van der Waals surface area (Å²) >= 11 is 0. The van der Waals surface area contributed by atoms with Crippen molar-refractivity contribution in [2.75, 3.05) is 6.61 Å². The number of rotatable bonds is 4. The average molecular weight is 201 g/mol. The molecule has 0 saturated carbocycles. The summed E-state index contributed by atoms with van der Waals surface area (Å²) in [5.41, 5.74) is -0.700. The van der Waals surface area contributed by atoms with Crippen LogP contribution in [0.25, 0.3) is 0 Å². The molecular weight excluding hydrogens is 192 g/mol. The lowest BCUT2D eigenvalue weighted by Crippen LogP contribution is -2.35. The van der Waals surface area contributed by atoms with E-state index in [0.29, 0.717) is 0 Å². The summed E-state index contributed by atoms with van der Waals surface area (Å²) in [4.78, 5) is 0. The van der Waals surface area contributed by atoms with E-state index >= 15 is 0 Å². The third-order valence-electron chi connectivity index (χ3n) is 1.63. The Morgan fingerprint density at radius 2 is 1.93 bits per heavy atom. The van der Waals surface area contributed by atoms with Gasteiger partial charge in [0, 0.05) is 0 Å². The number of benzene rings is 1. The minimum absolute atomic E-state index is 0.0726. The first-order chi connectivity index (χ1) is 6.55. The van der Waals surface area contributed by atoms with Crippen molar-refractivity contribution in [2.24, 2.45) is 0 Å². The SMILES string of the molecule is C=CCOc1ccccc1[B-](F)(F)F. The molecule has 76 valence electrons. The number of para-hydroxylation sites is 1. The van der Waals surface area contributed by atoms with Crippen molar-refractivity contribution in [3.8, 4) is 5.75 Å². The monoisotopic (exact) mass is 201 g/mol. The van der Waals surface area contributed by atoms with Gasteiger partial charge in [-0.3, -0.25) is 0 Å². The Morgan fingerprint density at radius 1 is 1.29 bits per heavy atom. The minimum atomic E-state index is -5.01. The normalized spacial score (nSPS) is 11.1. The van der Waals surface area contributed by atoms with E-state index in [9.17, 15) is 12.9 Å². The fourth-order valence-corrected chi connectivity index (χ4v) is 1.03. The van der Waals surface area contributed by atoms with Gasteiger partial charge in [-0.2, -0.15) is 0 Å². The van der Waals surface area contributed by atoms with Crippen LogP contribution in [0.2, 0.25) is 0 Å². The summed E-state index contributed by atoms with van der Waals surface area (Å²) in [7, 11) is 0. The first-order valence-electron chi connectivity index (χ1n) is 4.08. The Labute approximate surface area is 80.3 Å². The third kappa shape index (κ3) is 2.55. The Balaban J connectivity index is 2.97. The Bertz CT molecular complexity index is 322. The fraction of sp³-hybridized carbons (Fsp3) is 0.111. The minimum Gasteiger partial charge on any atom is -0.493 e. The molecule has 0 aliphatic heterocycles. The molecule has 0 bridgehead atoms. The maximum absolute atomic E-state index is 12.4. The van der Waals surface area contributed by atoms with Crippen molar-refractivity contribution in [2.45, 2.75) is 0 Å². The molecule has 0 unspecified atom stereocenters. The van der Waals surface area contributed by atoms with E-state index in [1.807, 2.05) is 0 Å². The zero-order valence-corrected chi connectivity index (χ0v) is 7.42. The molecule has 0 atom stereocenters. The largest absolute Gasteiger partial charge is 0.513 e. The molecule has 0 N–H and O–H groups in total. The van der Waals surface area contributed by atoms with E-state index in [-0.39, 0.29) is 12.4 Å². The van der Waals surface area contributed by atoms with Crippen LogP contribution in [-0.4, -0.2) is 13.6 Å². The molecule has 0 saturated heterocycles. The summed E-state index contributed by atoms with van der Waals surface area (Å²) in [5, 5.41) is 0. The standard InChI is InChI=1S/C9H9BF3O/c1-2-7-14-9-6-4-3-5-8(9)10(11,12)13/h2-6H,1,7H2/q-1. The maximum atomic E-state index is 12.4. The molecular formula is C9H9BF3O-. The molecule has 0 fully saturated rings. The van der Waals surface area contributed by atoms with Crippen LogP contribution in [0.15, 0.2) is 36.9 Å². The van der Waals surface area contributed by atoms with Gasteiger partial charge >= 0.3 is 6.98 Å². The number of hydrogen-bond acceptors (Lipinski definition) is 1. The van der Waals surface area contributed by atoms with Crippen molar-refractivity contribution in [1.82, 2.24) is 0 Å². The van der Waals surface area contributed by atoms with Gasteiger partial charge in [0.05, 0.1) is 5.75 Å². The second-order valence-corrected chi connectivity index (χ2v) is 2.71. The average Bonchev–Trinajstić information content (AvgIpc) is 2.14. The van der Waals surface area contributed by atoms with Gasteiger partial charge in [0.1, 0.15) is 6.61 Å². The Kier molecular flexibility index (Phi) is 3.22. The van der Waals surface area contributed by atoms with Gasteiger partial charge in [-0.1, -0.05) is 36.3 Å². The lowest BCUT2D eigenvalue weighted by Gasteiger charge is -2.18. The van der Waals surface area contributed by atoms with Crippen molar-refractivity contribution >= 4 is 12.4 Å². The van der Waals surface area contributed by atoms with Crippen LogP contribution in [0.5, 0.6) is 5.75 Å². The van der Waals surface area contributed by atoms with Crippen LogP contribution in [0.4, 0.5) is 12.9 Å². The highest BCUT2D eigenvalue weighted by Gasteiger charge is 2.28. The van der Waals surface area contributed by atoms with Crippen LogP contribution in [0, 0.1) is 0 Å². The topological polar surface area (TPSA) is 9.23 Å². The smallest absolute Gasteiger partial charge is 0.493 e. The molecule has 1 nitrogen and oxygen atoms in total. The predicted molar refractivity (Wildman–Crippen MR) is 50.8 cm³/mol. The molecule has 0 radical (unpaired) electrons. The van der Waals surface area contributed by atoms with Gasteiger partial charge in [0.25, 0.3) is 0 Å². The van der Waals surface area contributed by atoms with Gasteiger partial charge in [-0.15, -0.1) is 0 Å². The summed E-state index contributed by atoms with van der Waals surface area (Å²) in [5.74, 6) is -0.139. The van der Waals surface area contributed by atoms with Crippen molar-refractivity contribution in [1.29, 1.82) is 0 Å². The lowest BCUT2D eigenvalue weighted by molar-refractivity contribution is 0.363. The summed E-state index contributed by atoms with van der Waals surface area (Å²) in [6.45, 7) is -1.57. The highest BCUT2D eigenvalue weighted by Crippen LogP contribution is 2.17. The number of halogens is 3. The van der Waals surface area contributed by atoms with E-state index < -0.39 is 12.4 Å². The summed E-state index contributed by atoms with van der Waals surface area (Å²) < 4.78 is 42.2. The summed E-state index contributed by atoms with van der Waals surface area (Å²) in [6, 6.07) is 5.15. The van der Waals surface area contributed by atoms with Gasteiger partial charge in [-0.25, -0.2) is 0 Å². The lowest BCUT2D eigenvalue weighted by atomic mass is 9.79. The first kappa shape index (κ1) is 10.7. The molecule has 14 heavy (non-hydrogen) atoms. The zero-order valence-electron chi connectivity index (χ0n) is 7.42. The molecule has 1 aromatic carbocycles. The van der Waals surface area contributed by atoms with Gasteiger partial charge in [0.15, 0.2) is 0 Å². The highest BCUT2D eigenvalue weighted by atomic mass is 19.4. The molecule has 0 heterocycles. The number of ether oxygens (including phenoxy) is 1. The molecule has 0 aliphatic rings. The van der Waals surface area contributed by atoms with Crippen LogP contribution in [0.1, 0.15) is 0 Å². The van der Waals surface area contributed by atoms with Crippen molar-refractivity contribution in [3.63, 3.8) is 0 Å². The van der Waals surface area contributed by atoms with Gasteiger partial charge in [0.2, 0.25) is 0 Å². The Hall–Kier alpha value is -1.39. The predicted octanol–water partition coefficient (Wildman–Crippen LogP) is 2.31. The van der Waals surface area contributed by atoms with Gasteiger partial charge in [-0.05, 0) is 6.07 Å². The fourth-order valence-electron chi connectivity index (χ4n) is 1.03. The summed E-state index contributed by atoms with van der Waals surface area (Å²) in [6.07, 6.45) is 1.40. The van der Waals surface area contributed by atoms with Crippen LogP contribution >= 0.6 is 0 Å².